The largest absolute Gasteiger partial charge is 0.416 e. The molecule has 0 aliphatic rings. The average Bonchev–Trinajstić information content (AvgIpc) is 2.33. The fourth-order valence-corrected chi connectivity index (χ4v) is 1.39. The zero-order valence-corrected chi connectivity index (χ0v) is 9.57. The van der Waals surface area contributed by atoms with Crippen LogP contribution in [0.2, 0.25) is 0 Å². The third-order valence-corrected chi connectivity index (χ3v) is 2.31. The smallest absolute Gasteiger partial charge is 0.388 e. The first-order chi connectivity index (χ1) is 9.05. The Morgan fingerprint density at radius 3 is 1.85 bits per heavy atom. The Labute approximate surface area is 108 Å². The van der Waals surface area contributed by atoms with Gasteiger partial charge in [0.25, 0.3) is 0 Å². The molecule has 1 unspecified atom stereocenters. The van der Waals surface area contributed by atoms with Crippen LogP contribution in [0.25, 0.3) is 10.4 Å². The molecular formula is C10H7F6N3O. The van der Waals surface area contributed by atoms with E-state index in [2.05, 4.69) is 10.0 Å². The molecule has 110 valence electrons. The second-order valence-corrected chi connectivity index (χ2v) is 3.77. The minimum Gasteiger partial charge on any atom is -0.388 e. The van der Waals surface area contributed by atoms with Gasteiger partial charge in [-0.15, -0.1) is 0 Å². The molecule has 0 radical (unpaired) electrons. The Hall–Kier alpha value is -1.93. The van der Waals surface area contributed by atoms with Crippen molar-refractivity contribution in [2.45, 2.75) is 18.5 Å². The van der Waals surface area contributed by atoms with Crippen molar-refractivity contribution in [2.75, 3.05) is 6.54 Å². The number of azide groups is 1. The van der Waals surface area contributed by atoms with Crippen LogP contribution >= 0.6 is 0 Å². The number of aliphatic hydroxyl groups excluding tert-OH is 1. The van der Waals surface area contributed by atoms with Gasteiger partial charge in [0.1, 0.15) is 0 Å². The maximum absolute atomic E-state index is 12.5. The van der Waals surface area contributed by atoms with Crippen LogP contribution in [0.5, 0.6) is 0 Å². The summed E-state index contributed by atoms with van der Waals surface area (Å²) in [5.41, 5.74) is 4.31. The molecule has 0 bridgehead atoms. The Balaban J connectivity index is 3.34. The SMILES string of the molecule is [N-]=[N+]=NCC(O)c1cc(C(F)(F)F)cc(C(F)(F)F)c1. The molecule has 10 heteroatoms. The van der Waals surface area contributed by atoms with Crippen molar-refractivity contribution in [1.82, 2.24) is 0 Å². The summed E-state index contributed by atoms with van der Waals surface area (Å²) >= 11 is 0. The fourth-order valence-electron chi connectivity index (χ4n) is 1.39. The van der Waals surface area contributed by atoms with Gasteiger partial charge in [0.05, 0.1) is 23.8 Å². The second-order valence-electron chi connectivity index (χ2n) is 3.77. The monoisotopic (exact) mass is 299 g/mol. The second kappa shape index (κ2) is 5.59. The number of halogens is 6. The van der Waals surface area contributed by atoms with E-state index in [9.17, 15) is 31.4 Å². The lowest BCUT2D eigenvalue weighted by atomic mass is 10.0. The normalized spacial score (nSPS) is 13.8. The number of hydrogen-bond acceptors (Lipinski definition) is 2. The highest BCUT2D eigenvalue weighted by Crippen LogP contribution is 2.37. The van der Waals surface area contributed by atoms with Gasteiger partial charge in [-0.05, 0) is 29.3 Å². The number of benzene rings is 1. The summed E-state index contributed by atoms with van der Waals surface area (Å²) in [6.07, 6.45) is -11.7. The summed E-state index contributed by atoms with van der Waals surface area (Å²) < 4.78 is 75.1. The van der Waals surface area contributed by atoms with Crippen molar-refractivity contribution in [3.05, 3.63) is 45.3 Å². The Morgan fingerprint density at radius 2 is 1.50 bits per heavy atom. The number of rotatable bonds is 3. The third kappa shape index (κ3) is 4.04. The number of hydrogen-bond donors (Lipinski definition) is 1. The highest BCUT2D eigenvalue weighted by molar-refractivity contribution is 5.34. The van der Waals surface area contributed by atoms with Crippen molar-refractivity contribution in [3.63, 3.8) is 0 Å². The predicted octanol–water partition coefficient (Wildman–Crippen LogP) is 4.07. The first kappa shape index (κ1) is 16.1. The van der Waals surface area contributed by atoms with Gasteiger partial charge in [0.2, 0.25) is 0 Å². The number of alkyl halides is 6. The maximum Gasteiger partial charge on any atom is 0.416 e. The standard InChI is InChI=1S/C10H7F6N3O/c11-9(12,13)6-1-5(8(20)4-18-19-17)2-7(3-6)10(14,15)16/h1-3,8,20H,4H2. The summed E-state index contributed by atoms with van der Waals surface area (Å²) in [5, 5.41) is 12.3. The Bertz CT molecular complexity index is 501. The molecule has 1 aromatic rings. The van der Waals surface area contributed by atoms with Crippen molar-refractivity contribution in [2.24, 2.45) is 5.11 Å². The van der Waals surface area contributed by atoms with Gasteiger partial charge in [-0.2, -0.15) is 26.3 Å². The van der Waals surface area contributed by atoms with Crippen LogP contribution < -0.4 is 0 Å². The van der Waals surface area contributed by atoms with E-state index >= 15 is 0 Å². The summed E-state index contributed by atoms with van der Waals surface area (Å²) in [6, 6.07) is 0.712. The molecular weight excluding hydrogens is 292 g/mol. The molecule has 0 fully saturated rings. The minimum atomic E-state index is -4.99. The third-order valence-electron chi connectivity index (χ3n) is 2.31. The molecule has 0 aliphatic heterocycles. The minimum absolute atomic E-state index is 0.0518. The molecule has 1 atom stereocenters. The first-order valence-electron chi connectivity index (χ1n) is 5.04. The van der Waals surface area contributed by atoms with Crippen LogP contribution in [0.15, 0.2) is 23.3 Å². The lowest BCUT2D eigenvalue weighted by Gasteiger charge is -2.16. The molecule has 0 amide bonds. The summed E-state index contributed by atoms with van der Waals surface area (Å²) in [5.74, 6) is 0. The van der Waals surface area contributed by atoms with E-state index in [0.29, 0.717) is 12.1 Å². The highest BCUT2D eigenvalue weighted by atomic mass is 19.4. The van der Waals surface area contributed by atoms with Gasteiger partial charge in [0, 0.05) is 4.91 Å². The quantitative estimate of drug-likeness (QED) is 0.389. The summed E-state index contributed by atoms with van der Waals surface area (Å²) in [4.78, 5) is 2.26. The summed E-state index contributed by atoms with van der Waals surface area (Å²) in [7, 11) is 0. The zero-order chi connectivity index (χ0) is 15.6. The van der Waals surface area contributed by atoms with Crippen LogP contribution in [0.3, 0.4) is 0 Å². The molecule has 20 heavy (non-hydrogen) atoms. The van der Waals surface area contributed by atoms with Gasteiger partial charge < -0.3 is 5.11 Å². The van der Waals surface area contributed by atoms with Gasteiger partial charge in [0.15, 0.2) is 0 Å². The maximum atomic E-state index is 12.5. The zero-order valence-electron chi connectivity index (χ0n) is 9.57. The van der Waals surface area contributed by atoms with Crippen LogP contribution in [0.4, 0.5) is 26.3 Å². The molecule has 0 heterocycles. The lowest BCUT2D eigenvalue weighted by Crippen LogP contribution is -2.13. The van der Waals surface area contributed by atoms with E-state index in [-0.39, 0.29) is 6.07 Å². The molecule has 1 N–H and O–H groups in total. The van der Waals surface area contributed by atoms with Crippen LogP contribution in [-0.4, -0.2) is 11.7 Å². The molecule has 4 nitrogen and oxygen atoms in total. The molecule has 0 saturated heterocycles. The molecule has 0 saturated carbocycles. The van der Waals surface area contributed by atoms with Crippen LogP contribution in [0.1, 0.15) is 22.8 Å². The topological polar surface area (TPSA) is 69.0 Å². The predicted molar refractivity (Wildman–Crippen MR) is 55.4 cm³/mol. The van der Waals surface area contributed by atoms with Crippen molar-refractivity contribution in [3.8, 4) is 0 Å². The molecule has 0 spiro atoms. The van der Waals surface area contributed by atoms with Crippen LogP contribution in [-0.2, 0) is 12.4 Å². The Kier molecular flexibility index (Phi) is 4.51. The molecule has 0 aliphatic carbocycles. The Morgan fingerprint density at radius 1 is 1.05 bits per heavy atom. The van der Waals surface area contributed by atoms with Crippen molar-refractivity contribution >= 4 is 0 Å². The van der Waals surface area contributed by atoms with E-state index < -0.39 is 41.7 Å². The molecule has 1 aromatic carbocycles. The van der Waals surface area contributed by atoms with E-state index in [1.165, 1.54) is 0 Å². The van der Waals surface area contributed by atoms with Crippen molar-refractivity contribution < 1.29 is 31.4 Å². The lowest BCUT2D eigenvalue weighted by molar-refractivity contribution is -0.143. The van der Waals surface area contributed by atoms with Gasteiger partial charge in [-0.25, -0.2) is 0 Å². The van der Waals surface area contributed by atoms with E-state index in [1.807, 2.05) is 0 Å². The molecule has 0 aromatic heterocycles. The first-order valence-corrected chi connectivity index (χ1v) is 5.04. The van der Waals surface area contributed by atoms with Gasteiger partial charge in [-0.3, -0.25) is 0 Å². The fraction of sp³-hybridized carbons (Fsp3) is 0.400. The average molecular weight is 299 g/mol. The van der Waals surface area contributed by atoms with Crippen LogP contribution in [0, 0.1) is 0 Å². The highest BCUT2D eigenvalue weighted by Gasteiger charge is 2.37. The number of nitrogens with zero attached hydrogens (tertiary/aromatic N) is 3. The number of aliphatic hydroxyl groups is 1. The van der Waals surface area contributed by atoms with E-state index in [1.54, 1.807) is 0 Å². The van der Waals surface area contributed by atoms with Gasteiger partial charge in [-0.1, -0.05) is 5.11 Å². The van der Waals surface area contributed by atoms with E-state index in [0.717, 1.165) is 0 Å². The van der Waals surface area contributed by atoms with E-state index in [4.69, 9.17) is 5.53 Å². The summed E-state index contributed by atoms with van der Waals surface area (Å²) in [6.45, 7) is -0.672. The van der Waals surface area contributed by atoms with Crippen molar-refractivity contribution in [1.29, 1.82) is 0 Å². The van der Waals surface area contributed by atoms with Gasteiger partial charge >= 0.3 is 12.4 Å². The molecule has 1 rings (SSSR count).